The summed E-state index contributed by atoms with van der Waals surface area (Å²) in [4.78, 5) is 2.61. The fraction of sp³-hybridized carbons (Fsp3) is 0.429. The third-order valence-corrected chi connectivity index (χ3v) is 5.88. The van der Waals surface area contributed by atoms with Crippen molar-refractivity contribution in [3.63, 3.8) is 0 Å². The normalized spacial score (nSPS) is 27.1. The van der Waals surface area contributed by atoms with Crippen molar-refractivity contribution in [1.29, 1.82) is 0 Å². The zero-order chi connectivity index (χ0) is 16.4. The van der Waals surface area contributed by atoms with Crippen molar-refractivity contribution in [1.82, 2.24) is 10.2 Å². The smallest absolute Gasteiger partial charge is 0.0406 e. The van der Waals surface area contributed by atoms with Gasteiger partial charge in [0.2, 0.25) is 0 Å². The molecule has 0 unspecified atom stereocenters. The highest BCUT2D eigenvalue weighted by Crippen LogP contribution is 2.30. The van der Waals surface area contributed by atoms with Gasteiger partial charge in [-0.2, -0.15) is 0 Å². The number of hydrogen-bond acceptors (Lipinski definition) is 2. The third kappa shape index (κ3) is 3.66. The zero-order valence-corrected chi connectivity index (χ0v) is 14.8. The molecule has 3 heteroatoms. The molecule has 24 heavy (non-hydrogen) atoms. The second-order valence-corrected chi connectivity index (χ2v) is 7.64. The molecule has 0 radical (unpaired) electrons. The van der Waals surface area contributed by atoms with Crippen LogP contribution in [0.25, 0.3) is 0 Å². The van der Waals surface area contributed by atoms with Gasteiger partial charge < -0.3 is 10.2 Å². The Morgan fingerprint density at radius 3 is 2.33 bits per heavy atom. The summed E-state index contributed by atoms with van der Waals surface area (Å²) in [6.45, 7) is 3.77. The van der Waals surface area contributed by atoms with Crippen molar-refractivity contribution < 1.29 is 0 Å². The topological polar surface area (TPSA) is 15.3 Å². The summed E-state index contributed by atoms with van der Waals surface area (Å²) in [7, 11) is 0. The van der Waals surface area contributed by atoms with Crippen molar-refractivity contribution in [3.8, 4) is 0 Å². The Morgan fingerprint density at radius 2 is 1.71 bits per heavy atom. The molecular weight excluding hydrogens is 316 g/mol. The summed E-state index contributed by atoms with van der Waals surface area (Å²) in [6.07, 6.45) is 3.71. The number of fused-ring (bicyclic) bond motifs is 3. The van der Waals surface area contributed by atoms with Crippen LogP contribution < -0.4 is 5.32 Å². The Hall–Kier alpha value is -1.35. The molecule has 3 aliphatic heterocycles. The van der Waals surface area contributed by atoms with Crippen LogP contribution in [0.5, 0.6) is 0 Å². The highest BCUT2D eigenvalue weighted by molar-refractivity contribution is 6.30. The summed E-state index contributed by atoms with van der Waals surface area (Å²) < 4.78 is 0. The first-order valence-corrected chi connectivity index (χ1v) is 9.43. The summed E-state index contributed by atoms with van der Waals surface area (Å²) in [5.41, 5.74) is 2.71. The molecule has 0 spiro atoms. The maximum absolute atomic E-state index is 6.09. The van der Waals surface area contributed by atoms with E-state index >= 15 is 0 Å². The van der Waals surface area contributed by atoms with E-state index in [1.165, 1.54) is 43.6 Å². The predicted octanol–water partition coefficient (Wildman–Crippen LogP) is 4.31. The largest absolute Gasteiger partial charge is 0.305 e. The van der Waals surface area contributed by atoms with Crippen LogP contribution in [-0.2, 0) is 6.42 Å². The number of nitrogens with zero attached hydrogens (tertiary/aromatic N) is 1. The molecular formula is C21H25ClN2. The molecule has 3 heterocycles. The van der Waals surface area contributed by atoms with Gasteiger partial charge in [-0.25, -0.2) is 0 Å². The number of halogens is 1. The molecule has 2 aromatic carbocycles. The van der Waals surface area contributed by atoms with Gasteiger partial charge in [0.25, 0.3) is 0 Å². The minimum absolute atomic E-state index is 0.343. The van der Waals surface area contributed by atoms with Crippen LogP contribution in [0.15, 0.2) is 54.6 Å². The molecule has 2 nitrogen and oxygen atoms in total. The van der Waals surface area contributed by atoms with Crippen LogP contribution in [-0.4, -0.2) is 30.6 Å². The van der Waals surface area contributed by atoms with E-state index < -0.39 is 0 Å². The van der Waals surface area contributed by atoms with Crippen molar-refractivity contribution in [2.24, 2.45) is 5.92 Å². The number of piperidine rings is 3. The number of benzene rings is 2. The Balaban J connectivity index is 1.54. The number of hydrogen-bond donors (Lipinski definition) is 1. The van der Waals surface area contributed by atoms with E-state index in [1.54, 1.807) is 0 Å². The molecule has 1 N–H and O–H groups in total. The summed E-state index contributed by atoms with van der Waals surface area (Å²) in [5, 5.41) is 4.79. The van der Waals surface area contributed by atoms with Gasteiger partial charge in [0.05, 0.1) is 0 Å². The van der Waals surface area contributed by atoms with Gasteiger partial charge in [0.1, 0.15) is 0 Å². The first-order chi connectivity index (χ1) is 11.8. The highest BCUT2D eigenvalue weighted by atomic mass is 35.5. The number of rotatable bonds is 5. The fourth-order valence-electron chi connectivity index (χ4n) is 4.23. The van der Waals surface area contributed by atoms with Gasteiger partial charge in [-0.3, -0.25) is 0 Å². The molecule has 0 amide bonds. The lowest BCUT2D eigenvalue weighted by molar-refractivity contribution is 0.0669. The van der Waals surface area contributed by atoms with Gasteiger partial charge in [-0.1, -0.05) is 54.1 Å². The second-order valence-electron chi connectivity index (χ2n) is 7.21. The van der Waals surface area contributed by atoms with Crippen molar-refractivity contribution in [2.75, 3.05) is 19.6 Å². The summed E-state index contributed by atoms with van der Waals surface area (Å²) >= 11 is 6.09. The molecule has 3 saturated heterocycles. The standard InChI is InChI=1S/C21H25ClN2/c22-19-8-6-17(7-9-19)20(14-16-4-2-1-3-5-16)23-21-15-24-12-10-18(21)11-13-24/h1-9,18,20-21,23H,10-15H2/t20-,21-/m0/s1. The minimum atomic E-state index is 0.343. The Labute approximate surface area is 149 Å². The third-order valence-electron chi connectivity index (χ3n) is 5.63. The van der Waals surface area contributed by atoms with Crippen molar-refractivity contribution in [3.05, 3.63) is 70.7 Å². The van der Waals surface area contributed by atoms with Crippen molar-refractivity contribution >= 4 is 11.6 Å². The van der Waals surface area contributed by atoms with Gasteiger partial charge in [0, 0.05) is 23.7 Å². The Bertz CT molecular complexity index is 647. The molecule has 2 atom stereocenters. The lowest BCUT2D eigenvalue weighted by atomic mass is 9.83. The molecule has 0 aromatic heterocycles. The lowest BCUT2D eigenvalue weighted by Gasteiger charge is -2.46. The first-order valence-electron chi connectivity index (χ1n) is 9.06. The maximum Gasteiger partial charge on any atom is 0.0406 e. The zero-order valence-electron chi connectivity index (χ0n) is 14.0. The minimum Gasteiger partial charge on any atom is -0.305 e. The van der Waals surface area contributed by atoms with E-state index in [1.807, 2.05) is 12.1 Å². The van der Waals surface area contributed by atoms with E-state index in [0.29, 0.717) is 12.1 Å². The van der Waals surface area contributed by atoms with Crippen LogP contribution in [0.3, 0.4) is 0 Å². The molecule has 0 saturated carbocycles. The Morgan fingerprint density at radius 1 is 1.00 bits per heavy atom. The molecule has 3 aliphatic rings. The van der Waals surface area contributed by atoms with E-state index in [2.05, 4.69) is 52.7 Å². The summed E-state index contributed by atoms with van der Waals surface area (Å²) in [6, 6.07) is 20.1. The Kier molecular flexibility index (Phi) is 4.88. The average Bonchev–Trinajstić information content (AvgIpc) is 2.64. The van der Waals surface area contributed by atoms with E-state index in [9.17, 15) is 0 Å². The van der Waals surface area contributed by atoms with Crippen LogP contribution in [0.2, 0.25) is 5.02 Å². The monoisotopic (exact) mass is 340 g/mol. The van der Waals surface area contributed by atoms with Crippen molar-refractivity contribution in [2.45, 2.75) is 31.3 Å². The predicted molar refractivity (Wildman–Crippen MR) is 100 cm³/mol. The van der Waals surface area contributed by atoms with Gasteiger partial charge in [-0.05, 0) is 61.5 Å². The molecule has 0 aliphatic carbocycles. The molecule has 126 valence electrons. The van der Waals surface area contributed by atoms with Gasteiger partial charge in [0.15, 0.2) is 0 Å². The van der Waals surface area contributed by atoms with Crippen LogP contribution in [0, 0.1) is 5.92 Å². The van der Waals surface area contributed by atoms with Crippen LogP contribution >= 0.6 is 11.6 Å². The maximum atomic E-state index is 6.09. The molecule has 2 bridgehead atoms. The van der Waals surface area contributed by atoms with Crippen LogP contribution in [0.1, 0.15) is 30.0 Å². The summed E-state index contributed by atoms with van der Waals surface area (Å²) in [5.74, 6) is 0.834. The molecule has 5 rings (SSSR count). The molecule has 3 fully saturated rings. The fourth-order valence-corrected chi connectivity index (χ4v) is 4.36. The second kappa shape index (κ2) is 7.26. The molecule has 2 aromatic rings. The van der Waals surface area contributed by atoms with E-state index in [0.717, 1.165) is 17.4 Å². The average molecular weight is 341 g/mol. The van der Waals surface area contributed by atoms with Crippen LogP contribution in [0.4, 0.5) is 0 Å². The first kappa shape index (κ1) is 16.1. The lowest BCUT2D eigenvalue weighted by Crippen LogP contribution is -2.56. The number of nitrogens with one attached hydrogen (secondary N) is 1. The highest BCUT2D eigenvalue weighted by Gasteiger charge is 2.35. The van der Waals surface area contributed by atoms with E-state index in [4.69, 9.17) is 11.6 Å². The quantitative estimate of drug-likeness (QED) is 0.872. The SMILES string of the molecule is Clc1ccc([C@H](Cc2ccccc2)N[C@H]2CN3CCC2CC3)cc1. The van der Waals surface area contributed by atoms with Gasteiger partial charge in [-0.15, -0.1) is 0 Å². The van der Waals surface area contributed by atoms with Gasteiger partial charge >= 0.3 is 0 Å². The van der Waals surface area contributed by atoms with E-state index in [-0.39, 0.29) is 0 Å².